The molecule has 1 N–H and O–H groups in total. The summed E-state index contributed by atoms with van der Waals surface area (Å²) in [4.78, 5) is 8.20. The molecule has 4 aromatic heterocycles. The summed E-state index contributed by atoms with van der Waals surface area (Å²) in [5.41, 5.74) is 3.62. The van der Waals surface area contributed by atoms with E-state index >= 15 is 0 Å². The van der Waals surface area contributed by atoms with Gasteiger partial charge in [-0.3, -0.25) is 4.68 Å². The predicted molar refractivity (Wildman–Crippen MR) is 103 cm³/mol. The first-order valence-electron chi connectivity index (χ1n) is 8.18. The van der Waals surface area contributed by atoms with Gasteiger partial charge in [-0.25, -0.2) is 13.4 Å². The lowest BCUT2D eigenvalue weighted by molar-refractivity contribution is 0.597. The summed E-state index contributed by atoms with van der Waals surface area (Å²) in [7, 11) is -1.49. The molecular weight excluding hydrogens is 368 g/mol. The van der Waals surface area contributed by atoms with E-state index < -0.39 is 9.84 Å². The molecule has 4 heterocycles. The first-order valence-corrected chi connectivity index (χ1v) is 10.6. The van der Waals surface area contributed by atoms with Crippen molar-refractivity contribution in [1.29, 1.82) is 0 Å². The molecule has 4 rings (SSSR count). The number of nitrogens with zero attached hydrogens (tertiary/aromatic N) is 3. The van der Waals surface area contributed by atoms with E-state index in [1.54, 1.807) is 16.9 Å². The largest absolute Gasteiger partial charge is 0.346 e. The van der Waals surface area contributed by atoms with Crippen molar-refractivity contribution in [1.82, 2.24) is 19.7 Å². The van der Waals surface area contributed by atoms with Crippen LogP contribution in [0.3, 0.4) is 0 Å². The molecule has 0 unspecified atom stereocenters. The van der Waals surface area contributed by atoms with E-state index in [0.717, 1.165) is 32.7 Å². The zero-order chi connectivity index (χ0) is 18.3. The first kappa shape index (κ1) is 17.0. The number of aromatic amines is 1. The summed E-state index contributed by atoms with van der Waals surface area (Å²) in [6, 6.07) is 7.32. The number of H-pyrrole nitrogens is 1. The van der Waals surface area contributed by atoms with Crippen LogP contribution in [0.15, 0.2) is 47.1 Å². The highest BCUT2D eigenvalue weighted by Crippen LogP contribution is 2.32. The van der Waals surface area contributed by atoms with Crippen LogP contribution in [0.5, 0.6) is 0 Å². The summed E-state index contributed by atoms with van der Waals surface area (Å²) < 4.78 is 27.6. The molecule has 8 heteroatoms. The third kappa shape index (κ3) is 3.06. The van der Waals surface area contributed by atoms with Crippen molar-refractivity contribution < 1.29 is 8.42 Å². The molecule has 0 fully saturated rings. The Morgan fingerprint density at radius 3 is 2.88 bits per heavy atom. The van der Waals surface area contributed by atoms with Crippen LogP contribution in [0.2, 0.25) is 0 Å². The Kier molecular flexibility index (Phi) is 4.16. The molecule has 26 heavy (non-hydrogen) atoms. The fourth-order valence-electron chi connectivity index (χ4n) is 3.03. The number of fused-ring (bicyclic) bond motifs is 1. The Morgan fingerprint density at radius 2 is 2.12 bits per heavy atom. The van der Waals surface area contributed by atoms with Gasteiger partial charge >= 0.3 is 0 Å². The summed E-state index contributed by atoms with van der Waals surface area (Å²) >= 11 is 1.28. The van der Waals surface area contributed by atoms with Crippen molar-refractivity contribution in [3.8, 4) is 10.6 Å². The predicted octanol–water partition coefficient (Wildman–Crippen LogP) is 3.35. The lowest BCUT2D eigenvalue weighted by atomic mass is 10.2. The van der Waals surface area contributed by atoms with Crippen LogP contribution >= 0.6 is 11.3 Å². The lowest BCUT2D eigenvalue weighted by Gasteiger charge is -2.01. The SMILES string of the molecule is Cc1cn(C)nc1-c1ccc(S(=O)(=O)CCc2c[nH]c3ncccc23)s1. The monoisotopic (exact) mass is 386 g/mol. The van der Waals surface area contributed by atoms with Gasteiger partial charge in [0.15, 0.2) is 9.84 Å². The van der Waals surface area contributed by atoms with Gasteiger partial charge in [0.2, 0.25) is 0 Å². The van der Waals surface area contributed by atoms with E-state index in [1.807, 2.05) is 44.6 Å². The van der Waals surface area contributed by atoms with E-state index in [4.69, 9.17) is 0 Å². The van der Waals surface area contributed by atoms with E-state index in [2.05, 4.69) is 15.1 Å². The van der Waals surface area contributed by atoms with Gasteiger partial charge in [-0.15, -0.1) is 11.3 Å². The molecular formula is C18H18N4O2S2. The quantitative estimate of drug-likeness (QED) is 0.570. The molecule has 0 aliphatic carbocycles. The van der Waals surface area contributed by atoms with Gasteiger partial charge in [0.05, 0.1) is 10.6 Å². The molecule has 0 amide bonds. The number of thiophene rings is 1. The summed E-state index contributed by atoms with van der Waals surface area (Å²) in [6.45, 7) is 1.97. The molecule has 0 spiro atoms. The highest BCUT2D eigenvalue weighted by molar-refractivity contribution is 7.93. The van der Waals surface area contributed by atoms with Crippen LogP contribution in [0, 0.1) is 6.92 Å². The Hall–Kier alpha value is -2.45. The second-order valence-electron chi connectivity index (χ2n) is 6.24. The molecule has 0 aliphatic rings. The lowest BCUT2D eigenvalue weighted by Crippen LogP contribution is -2.07. The van der Waals surface area contributed by atoms with Crippen LogP contribution in [0.4, 0.5) is 0 Å². The Morgan fingerprint density at radius 1 is 1.27 bits per heavy atom. The average molecular weight is 387 g/mol. The van der Waals surface area contributed by atoms with Gasteiger partial charge < -0.3 is 4.98 Å². The van der Waals surface area contributed by atoms with Crippen LogP contribution in [-0.2, 0) is 23.3 Å². The highest BCUT2D eigenvalue weighted by Gasteiger charge is 2.20. The Bertz CT molecular complexity index is 1180. The minimum Gasteiger partial charge on any atom is -0.346 e. The summed E-state index contributed by atoms with van der Waals surface area (Å²) in [6.07, 6.45) is 5.93. The Balaban J connectivity index is 1.56. The molecule has 0 saturated carbocycles. The molecule has 0 aromatic carbocycles. The number of sulfone groups is 1. The second kappa shape index (κ2) is 6.37. The number of hydrogen-bond donors (Lipinski definition) is 1. The highest BCUT2D eigenvalue weighted by atomic mass is 32.2. The van der Waals surface area contributed by atoms with Crippen LogP contribution in [-0.4, -0.2) is 33.9 Å². The van der Waals surface area contributed by atoms with Crippen molar-refractivity contribution in [3.05, 3.63) is 54.0 Å². The first-order chi connectivity index (χ1) is 12.4. The molecule has 0 aliphatic heterocycles. The minimum atomic E-state index is -3.35. The number of hydrogen-bond acceptors (Lipinski definition) is 5. The number of nitrogens with one attached hydrogen (secondary N) is 1. The van der Waals surface area contributed by atoms with Gasteiger partial charge in [0.25, 0.3) is 0 Å². The second-order valence-corrected chi connectivity index (χ2v) is 9.66. The van der Waals surface area contributed by atoms with Crippen LogP contribution in [0.1, 0.15) is 11.1 Å². The molecule has 134 valence electrons. The minimum absolute atomic E-state index is 0.0655. The van der Waals surface area contributed by atoms with E-state index in [9.17, 15) is 8.42 Å². The standard InChI is InChI=1S/C18H18N4O2S2/c1-12-11-22(2)21-17(12)15-5-6-16(25-15)26(23,24)9-7-13-10-20-18-14(13)4-3-8-19-18/h3-6,8,10-11H,7,9H2,1-2H3,(H,19,20). The van der Waals surface area contributed by atoms with Crippen molar-refractivity contribution in [3.63, 3.8) is 0 Å². The zero-order valence-electron chi connectivity index (χ0n) is 14.4. The molecule has 0 atom stereocenters. The number of pyridine rings is 1. The topological polar surface area (TPSA) is 80.6 Å². The fourth-order valence-corrected chi connectivity index (χ4v) is 5.81. The van der Waals surface area contributed by atoms with Crippen molar-refractivity contribution in [2.45, 2.75) is 17.6 Å². The maximum atomic E-state index is 12.8. The van der Waals surface area contributed by atoms with Gasteiger partial charge in [-0.05, 0) is 48.7 Å². The zero-order valence-corrected chi connectivity index (χ0v) is 16.1. The van der Waals surface area contributed by atoms with Crippen molar-refractivity contribution in [2.24, 2.45) is 7.05 Å². The summed E-state index contributed by atoms with van der Waals surface area (Å²) in [5, 5.41) is 5.39. The molecule has 0 saturated heterocycles. The fraction of sp³-hybridized carbons (Fsp3) is 0.222. The Labute approximate surface area is 155 Å². The maximum Gasteiger partial charge on any atom is 0.188 e. The number of aromatic nitrogens is 4. The molecule has 6 nitrogen and oxygen atoms in total. The van der Waals surface area contributed by atoms with E-state index in [-0.39, 0.29) is 5.75 Å². The number of aryl methyl sites for hydroxylation is 3. The van der Waals surface area contributed by atoms with E-state index in [0.29, 0.717) is 10.6 Å². The third-order valence-electron chi connectivity index (χ3n) is 4.31. The van der Waals surface area contributed by atoms with Gasteiger partial charge in [0, 0.05) is 31.0 Å². The van der Waals surface area contributed by atoms with Crippen molar-refractivity contribution >= 4 is 32.2 Å². The average Bonchev–Trinajstić information content (AvgIpc) is 3.31. The van der Waals surface area contributed by atoms with Crippen LogP contribution < -0.4 is 0 Å². The van der Waals surface area contributed by atoms with Gasteiger partial charge in [-0.2, -0.15) is 5.10 Å². The normalized spacial score (nSPS) is 12.1. The smallest absolute Gasteiger partial charge is 0.188 e. The van der Waals surface area contributed by atoms with Crippen LogP contribution in [0.25, 0.3) is 21.6 Å². The molecule has 0 radical (unpaired) electrons. The van der Waals surface area contributed by atoms with Gasteiger partial charge in [-0.1, -0.05) is 0 Å². The number of rotatable bonds is 5. The van der Waals surface area contributed by atoms with Crippen molar-refractivity contribution in [2.75, 3.05) is 5.75 Å². The van der Waals surface area contributed by atoms with E-state index in [1.165, 1.54) is 11.3 Å². The third-order valence-corrected chi connectivity index (χ3v) is 7.70. The summed E-state index contributed by atoms with van der Waals surface area (Å²) in [5.74, 6) is 0.0655. The molecule has 4 aromatic rings. The van der Waals surface area contributed by atoms with Gasteiger partial charge in [0.1, 0.15) is 15.6 Å². The maximum absolute atomic E-state index is 12.8. The molecule has 0 bridgehead atoms.